The van der Waals surface area contributed by atoms with Gasteiger partial charge in [0, 0.05) is 42.5 Å². The van der Waals surface area contributed by atoms with Gasteiger partial charge in [0.1, 0.15) is 30.0 Å². The van der Waals surface area contributed by atoms with Crippen LogP contribution in [0.3, 0.4) is 0 Å². The number of benzene rings is 3. The number of hydrogen-bond acceptors (Lipinski definition) is 5. The summed E-state index contributed by atoms with van der Waals surface area (Å²) < 4.78 is 12.9. The SMILES string of the molecule is CC1=C(c2cccc(N3CCCC3)c2C)C(c2ccc(OCC(C)N3CCC(C)C3)cc2)Oc2ccc(O)cc21. The van der Waals surface area contributed by atoms with Gasteiger partial charge in [-0.05, 0) is 111 Å². The Hall–Kier alpha value is -3.44. The molecule has 0 aromatic heterocycles. The van der Waals surface area contributed by atoms with Crippen molar-refractivity contribution in [2.75, 3.05) is 37.7 Å². The largest absolute Gasteiger partial charge is 0.508 e. The molecule has 2 saturated heterocycles. The summed E-state index contributed by atoms with van der Waals surface area (Å²) in [4.78, 5) is 5.03. The molecule has 0 spiro atoms. The first-order chi connectivity index (χ1) is 19.4. The molecule has 0 radical (unpaired) electrons. The van der Waals surface area contributed by atoms with Gasteiger partial charge in [0.25, 0.3) is 0 Å². The third-order valence-electron chi connectivity index (χ3n) is 9.07. The smallest absolute Gasteiger partial charge is 0.150 e. The lowest BCUT2D eigenvalue weighted by Gasteiger charge is -2.33. The van der Waals surface area contributed by atoms with Crippen molar-refractivity contribution in [2.45, 2.75) is 59.1 Å². The van der Waals surface area contributed by atoms with Crippen LogP contribution in [-0.2, 0) is 0 Å². The molecule has 5 nitrogen and oxygen atoms in total. The predicted octanol–water partition coefficient (Wildman–Crippen LogP) is 7.47. The molecule has 6 rings (SSSR count). The van der Waals surface area contributed by atoms with Gasteiger partial charge in [0.15, 0.2) is 0 Å². The van der Waals surface area contributed by atoms with Crippen molar-refractivity contribution >= 4 is 16.8 Å². The third kappa shape index (κ3) is 5.19. The minimum absolute atomic E-state index is 0.251. The van der Waals surface area contributed by atoms with Crippen LogP contribution in [0.2, 0.25) is 0 Å². The van der Waals surface area contributed by atoms with Crippen molar-refractivity contribution in [3.63, 3.8) is 0 Å². The molecular weight excluding hydrogens is 496 g/mol. The second kappa shape index (κ2) is 11.2. The van der Waals surface area contributed by atoms with E-state index < -0.39 is 0 Å². The maximum absolute atomic E-state index is 10.3. The summed E-state index contributed by atoms with van der Waals surface area (Å²) in [5, 5.41) is 10.3. The van der Waals surface area contributed by atoms with Gasteiger partial charge in [-0.25, -0.2) is 0 Å². The van der Waals surface area contributed by atoms with Crippen molar-refractivity contribution in [3.8, 4) is 17.2 Å². The summed E-state index contributed by atoms with van der Waals surface area (Å²) in [6.07, 6.45) is 3.50. The van der Waals surface area contributed by atoms with Crippen LogP contribution in [-0.4, -0.2) is 48.8 Å². The lowest BCUT2D eigenvalue weighted by atomic mass is 9.84. The van der Waals surface area contributed by atoms with Gasteiger partial charge in [-0.15, -0.1) is 0 Å². The molecule has 3 aliphatic heterocycles. The number of hydrogen-bond donors (Lipinski definition) is 1. The normalized spacial score (nSPS) is 21.9. The summed E-state index contributed by atoms with van der Waals surface area (Å²) in [7, 11) is 0. The van der Waals surface area contributed by atoms with E-state index in [1.54, 1.807) is 6.07 Å². The van der Waals surface area contributed by atoms with Crippen LogP contribution in [0.15, 0.2) is 60.7 Å². The Labute approximate surface area is 239 Å². The Bertz CT molecular complexity index is 1390. The summed E-state index contributed by atoms with van der Waals surface area (Å²) in [6, 6.07) is 20.9. The average Bonchev–Trinajstić information content (AvgIpc) is 3.65. The van der Waals surface area contributed by atoms with E-state index in [-0.39, 0.29) is 11.9 Å². The molecule has 3 unspecified atom stereocenters. The van der Waals surface area contributed by atoms with E-state index in [2.05, 4.69) is 80.0 Å². The number of fused-ring (bicyclic) bond motifs is 1. The minimum Gasteiger partial charge on any atom is -0.508 e. The Morgan fingerprint density at radius 3 is 2.48 bits per heavy atom. The molecule has 210 valence electrons. The Morgan fingerprint density at radius 2 is 1.75 bits per heavy atom. The highest BCUT2D eigenvalue weighted by atomic mass is 16.5. The number of phenols is 1. The molecule has 3 atom stereocenters. The monoisotopic (exact) mass is 538 g/mol. The number of rotatable bonds is 7. The van der Waals surface area contributed by atoms with Crippen molar-refractivity contribution in [2.24, 2.45) is 5.92 Å². The van der Waals surface area contributed by atoms with Gasteiger partial charge in [0.2, 0.25) is 0 Å². The number of nitrogens with zero attached hydrogens (tertiary/aromatic N) is 2. The van der Waals surface area contributed by atoms with Crippen LogP contribution in [0.1, 0.15) is 68.4 Å². The standard InChI is InChI=1S/C35H42N2O3/c1-23-16-19-37(21-23)24(2)22-39-29-13-10-27(11-14-29)35-34(26(4)31-20-28(38)12-15-33(31)40-35)30-8-7-9-32(25(30)3)36-17-5-6-18-36/h7-15,20,23-24,35,38H,5-6,16-19,21-22H2,1-4H3. The quantitative estimate of drug-likeness (QED) is 0.338. The van der Waals surface area contributed by atoms with Gasteiger partial charge >= 0.3 is 0 Å². The number of ether oxygens (including phenoxy) is 2. The van der Waals surface area contributed by atoms with Crippen molar-refractivity contribution in [1.29, 1.82) is 0 Å². The molecule has 3 aliphatic rings. The number of phenolic OH excluding ortho intramolecular Hbond substituents is 1. The van der Waals surface area contributed by atoms with Crippen molar-refractivity contribution in [1.82, 2.24) is 4.90 Å². The summed E-state index contributed by atoms with van der Waals surface area (Å²) >= 11 is 0. The van der Waals surface area contributed by atoms with Crippen LogP contribution < -0.4 is 14.4 Å². The lowest BCUT2D eigenvalue weighted by Crippen LogP contribution is -2.35. The van der Waals surface area contributed by atoms with E-state index in [9.17, 15) is 5.11 Å². The molecule has 0 bridgehead atoms. The van der Waals surface area contributed by atoms with Gasteiger partial charge in [-0.2, -0.15) is 0 Å². The number of likely N-dealkylation sites (tertiary alicyclic amines) is 1. The fraction of sp³-hybridized carbons (Fsp3) is 0.429. The van der Waals surface area contributed by atoms with Crippen LogP contribution in [0.5, 0.6) is 17.2 Å². The average molecular weight is 539 g/mol. The van der Waals surface area contributed by atoms with Crippen molar-refractivity contribution in [3.05, 3.63) is 82.9 Å². The first-order valence-corrected chi connectivity index (χ1v) is 14.9. The number of aromatic hydroxyl groups is 1. The highest BCUT2D eigenvalue weighted by Gasteiger charge is 2.31. The Morgan fingerprint density at radius 1 is 0.975 bits per heavy atom. The van der Waals surface area contributed by atoms with E-state index in [1.807, 2.05) is 12.1 Å². The second-order valence-electron chi connectivity index (χ2n) is 12.0. The molecule has 1 N–H and O–H groups in total. The predicted molar refractivity (Wildman–Crippen MR) is 163 cm³/mol. The van der Waals surface area contributed by atoms with Gasteiger partial charge in [-0.3, -0.25) is 4.90 Å². The first-order valence-electron chi connectivity index (χ1n) is 14.9. The highest BCUT2D eigenvalue weighted by molar-refractivity contribution is 5.97. The second-order valence-corrected chi connectivity index (χ2v) is 12.0. The Balaban J connectivity index is 1.31. The van der Waals surface area contributed by atoms with Gasteiger partial charge < -0.3 is 19.5 Å². The molecule has 0 amide bonds. The van der Waals surface area contributed by atoms with E-state index in [1.165, 1.54) is 36.1 Å². The molecule has 40 heavy (non-hydrogen) atoms. The zero-order valence-corrected chi connectivity index (χ0v) is 24.3. The molecule has 0 aliphatic carbocycles. The molecule has 5 heteroatoms. The van der Waals surface area contributed by atoms with Gasteiger partial charge in [0.05, 0.1) is 0 Å². The lowest BCUT2D eigenvalue weighted by molar-refractivity contribution is 0.169. The molecule has 3 aromatic carbocycles. The van der Waals surface area contributed by atoms with Crippen LogP contribution in [0, 0.1) is 12.8 Å². The molecule has 3 heterocycles. The van der Waals surface area contributed by atoms with E-state index >= 15 is 0 Å². The maximum Gasteiger partial charge on any atom is 0.150 e. The van der Waals surface area contributed by atoms with E-state index in [0.717, 1.165) is 65.9 Å². The topological polar surface area (TPSA) is 45.2 Å². The van der Waals surface area contributed by atoms with Crippen LogP contribution >= 0.6 is 0 Å². The zero-order valence-electron chi connectivity index (χ0n) is 24.3. The fourth-order valence-corrected chi connectivity index (χ4v) is 6.67. The molecule has 0 saturated carbocycles. The number of anilines is 1. The van der Waals surface area contributed by atoms with Crippen LogP contribution in [0.25, 0.3) is 11.1 Å². The zero-order chi connectivity index (χ0) is 27.8. The molecule has 3 aromatic rings. The maximum atomic E-state index is 10.3. The Kier molecular flexibility index (Phi) is 7.50. The highest BCUT2D eigenvalue weighted by Crippen LogP contribution is 2.49. The molecular formula is C35H42N2O3. The minimum atomic E-state index is -0.261. The molecule has 2 fully saturated rings. The first kappa shape index (κ1) is 26.8. The third-order valence-corrected chi connectivity index (χ3v) is 9.07. The summed E-state index contributed by atoms with van der Waals surface area (Å²) in [5.74, 6) is 2.71. The number of allylic oxidation sites excluding steroid dienone is 1. The van der Waals surface area contributed by atoms with Gasteiger partial charge in [-0.1, -0.05) is 31.2 Å². The summed E-state index contributed by atoms with van der Waals surface area (Å²) in [6.45, 7) is 14.2. The van der Waals surface area contributed by atoms with Crippen LogP contribution in [0.4, 0.5) is 5.69 Å². The summed E-state index contributed by atoms with van der Waals surface area (Å²) in [5.41, 5.74) is 8.12. The van der Waals surface area contributed by atoms with E-state index in [4.69, 9.17) is 9.47 Å². The van der Waals surface area contributed by atoms with Crippen molar-refractivity contribution < 1.29 is 14.6 Å². The fourth-order valence-electron chi connectivity index (χ4n) is 6.67. The van der Waals surface area contributed by atoms with E-state index in [0.29, 0.717) is 12.6 Å².